The van der Waals surface area contributed by atoms with Crippen LogP contribution >= 0.6 is 0 Å². The van der Waals surface area contributed by atoms with Crippen LogP contribution in [0.15, 0.2) is 103 Å². The fraction of sp³-hybridized carbons (Fsp3) is 0.207. The Morgan fingerprint density at radius 2 is 1.64 bits per heavy atom. The maximum atomic E-state index is 13.6. The summed E-state index contributed by atoms with van der Waals surface area (Å²) in [5.74, 6) is -0.609. The summed E-state index contributed by atoms with van der Waals surface area (Å²) in [5, 5.41) is 3.79. The molecule has 0 aliphatic carbocycles. The highest BCUT2D eigenvalue weighted by atomic mass is 32.2. The summed E-state index contributed by atoms with van der Waals surface area (Å²) < 4.78 is 28.6. The Morgan fingerprint density at radius 1 is 1.00 bits per heavy atom. The minimum atomic E-state index is -3.85. The molecule has 0 saturated heterocycles. The third kappa shape index (κ3) is 4.98. The van der Waals surface area contributed by atoms with Gasteiger partial charge in [0, 0.05) is 24.0 Å². The number of aryl methyl sites for hydroxylation is 1. The van der Waals surface area contributed by atoms with Gasteiger partial charge in [0.2, 0.25) is 5.91 Å². The molecule has 0 aliphatic rings. The third-order valence-electron chi connectivity index (χ3n) is 6.37. The molecule has 3 aromatic carbocycles. The largest absolute Gasteiger partial charge is 0.351 e. The average molecular weight is 502 g/mol. The van der Waals surface area contributed by atoms with Gasteiger partial charge in [-0.15, -0.1) is 6.58 Å². The molecule has 186 valence electrons. The number of hydrogen-bond donors (Lipinski definition) is 1. The normalized spacial score (nSPS) is 13.4. The Labute approximate surface area is 212 Å². The molecule has 1 amide bonds. The lowest BCUT2D eigenvalue weighted by Gasteiger charge is -2.29. The number of nitrogens with one attached hydrogen (secondary N) is 1. The van der Waals surface area contributed by atoms with Gasteiger partial charge in [0.05, 0.1) is 16.5 Å². The van der Waals surface area contributed by atoms with Crippen LogP contribution in [0.3, 0.4) is 0 Å². The highest BCUT2D eigenvalue weighted by Gasteiger charge is 2.33. The SMILES string of the molecule is C=C[C@@H](c1cn(S(=O)(=O)c2ccc(C)cc2)c2ccccc12)[C@@H](C(=O)NCc1ccccc1)N(C)C. The van der Waals surface area contributed by atoms with Crippen molar-refractivity contribution in [3.05, 3.63) is 114 Å². The van der Waals surface area contributed by atoms with Gasteiger partial charge in [-0.25, -0.2) is 12.4 Å². The number of likely N-dealkylation sites (N-methyl/N-ethyl adjacent to an activating group) is 1. The quantitative estimate of drug-likeness (QED) is 0.338. The van der Waals surface area contributed by atoms with Crippen LogP contribution in [0.25, 0.3) is 10.9 Å². The van der Waals surface area contributed by atoms with Gasteiger partial charge in [-0.3, -0.25) is 9.69 Å². The van der Waals surface area contributed by atoms with Gasteiger partial charge in [0.25, 0.3) is 10.0 Å². The molecule has 4 rings (SSSR count). The van der Waals surface area contributed by atoms with Gasteiger partial charge >= 0.3 is 0 Å². The predicted molar refractivity (Wildman–Crippen MR) is 144 cm³/mol. The number of hydrogen-bond acceptors (Lipinski definition) is 4. The predicted octanol–water partition coefficient (Wildman–Crippen LogP) is 4.70. The van der Waals surface area contributed by atoms with Gasteiger partial charge in [0.15, 0.2) is 0 Å². The molecule has 0 unspecified atom stereocenters. The Hall–Kier alpha value is -3.68. The molecule has 1 N–H and O–H groups in total. The Bertz CT molecular complexity index is 1470. The van der Waals surface area contributed by atoms with Crippen molar-refractivity contribution in [3.8, 4) is 0 Å². The van der Waals surface area contributed by atoms with Gasteiger partial charge in [-0.1, -0.05) is 72.3 Å². The lowest BCUT2D eigenvalue weighted by molar-refractivity contribution is -0.126. The van der Waals surface area contributed by atoms with Crippen LogP contribution in [-0.2, 0) is 21.4 Å². The molecule has 0 spiro atoms. The number of amides is 1. The van der Waals surface area contributed by atoms with Crippen LogP contribution in [0.2, 0.25) is 0 Å². The van der Waals surface area contributed by atoms with E-state index in [2.05, 4.69) is 11.9 Å². The average Bonchev–Trinajstić information content (AvgIpc) is 3.27. The Morgan fingerprint density at radius 3 is 2.28 bits per heavy atom. The van der Waals surface area contributed by atoms with E-state index in [0.29, 0.717) is 12.1 Å². The van der Waals surface area contributed by atoms with E-state index < -0.39 is 22.0 Å². The molecule has 36 heavy (non-hydrogen) atoms. The number of rotatable bonds is 9. The highest BCUT2D eigenvalue weighted by Crippen LogP contribution is 2.34. The van der Waals surface area contributed by atoms with Crippen molar-refractivity contribution in [1.82, 2.24) is 14.2 Å². The molecule has 0 radical (unpaired) electrons. The molecule has 0 bridgehead atoms. The topological polar surface area (TPSA) is 71.4 Å². The number of nitrogens with zero attached hydrogens (tertiary/aromatic N) is 2. The van der Waals surface area contributed by atoms with Crippen molar-refractivity contribution in [2.45, 2.75) is 30.3 Å². The molecule has 0 fully saturated rings. The zero-order valence-corrected chi connectivity index (χ0v) is 21.6. The van der Waals surface area contributed by atoms with Crippen LogP contribution in [0.1, 0.15) is 22.6 Å². The lowest BCUT2D eigenvalue weighted by Crippen LogP contribution is -2.46. The summed E-state index contributed by atoms with van der Waals surface area (Å²) in [7, 11) is -0.170. The van der Waals surface area contributed by atoms with Gasteiger partial charge in [0.1, 0.15) is 0 Å². The minimum absolute atomic E-state index is 0.160. The number of aromatic nitrogens is 1. The van der Waals surface area contributed by atoms with Crippen LogP contribution in [0.5, 0.6) is 0 Å². The van der Waals surface area contributed by atoms with Crippen LogP contribution in [0, 0.1) is 6.92 Å². The van der Waals surface area contributed by atoms with Crippen LogP contribution in [0.4, 0.5) is 0 Å². The molecule has 6 nitrogen and oxygen atoms in total. The highest BCUT2D eigenvalue weighted by molar-refractivity contribution is 7.90. The van der Waals surface area contributed by atoms with E-state index >= 15 is 0 Å². The first-order valence-electron chi connectivity index (χ1n) is 11.8. The molecule has 0 aliphatic heterocycles. The van der Waals surface area contributed by atoms with E-state index in [-0.39, 0.29) is 10.8 Å². The lowest BCUT2D eigenvalue weighted by atomic mass is 9.89. The molecule has 1 aromatic heterocycles. The number of carbonyl (C=O) groups excluding carboxylic acids is 1. The van der Waals surface area contributed by atoms with Crippen LogP contribution < -0.4 is 5.32 Å². The van der Waals surface area contributed by atoms with Crippen molar-refractivity contribution in [2.24, 2.45) is 0 Å². The van der Waals surface area contributed by atoms with Gasteiger partial charge in [-0.05, 0) is 50.3 Å². The number of para-hydroxylation sites is 1. The van der Waals surface area contributed by atoms with Crippen molar-refractivity contribution in [3.63, 3.8) is 0 Å². The van der Waals surface area contributed by atoms with Gasteiger partial charge < -0.3 is 5.32 Å². The second-order valence-electron chi connectivity index (χ2n) is 9.09. The van der Waals surface area contributed by atoms with E-state index in [1.165, 1.54) is 3.97 Å². The second-order valence-corrected chi connectivity index (χ2v) is 10.9. The van der Waals surface area contributed by atoms with E-state index in [0.717, 1.165) is 22.1 Å². The van der Waals surface area contributed by atoms with Crippen LogP contribution in [-0.4, -0.2) is 43.3 Å². The first-order valence-corrected chi connectivity index (χ1v) is 13.2. The fourth-order valence-corrected chi connectivity index (χ4v) is 5.88. The molecular formula is C29H31N3O3S. The summed E-state index contributed by atoms with van der Waals surface area (Å²) in [5.41, 5.74) is 3.26. The fourth-order valence-electron chi connectivity index (χ4n) is 4.50. The van der Waals surface area contributed by atoms with E-state index in [1.807, 2.05) is 74.4 Å². The summed E-state index contributed by atoms with van der Waals surface area (Å²) in [4.78, 5) is 15.4. The number of carbonyl (C=O) groups is 1. The number of fused-ring (bicyclic) bond motifs is 1. The smallest absolute Gasteiger partial charge is 0.268 e. The first kappa shape index (κ1) is 25.4. The zero-order chi connectivity index (χ0) is 25.9. The van der Waals surface area contributed by atoms with Crippen molar-refractivity contribution in [1.29, 1.82) is 0 Å². The van der Waals surface area contributed by atoms with E-state index in [9.17, 15) is 13.2 Å². The zero-order valence-electron chi connectivity index (χ0n) is 20.8. The molecule has 1 heterocycles. The molecule has 7 heteroatoms. The minimum Gasteiger partial charge on any atom is -0.351 e. The summed E-state index contributed by atoms with van der Waals surface area (Å²) in [6.45, 7) is 6.34. The molecule has 0 saturated carbocycles. The monoisotopic (exact) mass is 501 g/mol. The molecule has 2 atom stereocenters. The van der Waals surface area contributed by atoms with Crippen molar-refractivity contribution < 1.29 is 13.2 Å². The van der Waals surface area contributed by atoms with E-state index in [4.69, 9.17) is 0 Å². The van der Waals surface area contributed by atoms with Crippen molar-refractivity contribution in [2.75, 3.05) is 14.1 Å². The first-order chi connectivity index (χ1) is 17.2. The van der Waals surface area contributed by atoms with Gasteiger partial charge in [-0.2, -0.15) is 0 Å². The maximum Gasteiger partial charge on any atom is 0.268 e. The third-order valence-corrected chi connectivity index (χ3v) is 8.06. The summed E-state index contributed by atoms with van der Waals surface area (Å²) in [6, 6.07) is 23.3. The standard InChI is InChI=1S/C29H31N3O3S/c1-5-24(28(31(3)4)29(33)30-19-22-11-7-6-8-12-22)26-20-32(27-14-10-9-13-25(26)27)36(34,35)23-17-15-21(2)16-18-23/h5-18,20,24,28H,1,19H2,2-4H3,(H,30,33)/t24-,28-/m0/s1. The summed E-state index contributed by atoms with van der Waals surface area (Å²) in [6.07, 6.45) is 3.35. The van der Waals surface area contributed by atoms with E-state index in [1.54, 1.807) is 42.6 Å². The Kier molecular flexibility index (Phi) is 7.43. The number of benzene rings is 3. The summed E-state index contributed by atoms with van der Waals surface area (Å²) >= 11 is 0. The second kappa shape index (κ2) is 10.5. The molecular weight excluding hydrogens is 470 g/mol. The molecule has 4 aromatic rings. The Balaban J connectivity index is 1.76. The maximum absolute atomic E-state index is 13.6. The van der Waals surface area contributed by atoms with Crippen molar-refractivity contribution >= 4 is 26.8 Å².